The zero-order valence-electron chi connectivity index (χ0n) is 10.2. The van der Waals surface area contributed by atoms with E-state index in [2.05, 4.69) is 5.48 Å². The maximum absolute atomic E-state index is 9.61. The minimum absolute atomic E-state index is 0.228. The molecule has 0 unspecified atom stereocenters. The molecule has 1 aromatic carbocycles. The van der Waals surface area contributed by atoms with Crippen molar-refractivity contribution in [2.24, 2.45) is 0 Å². The minimum Gasteiger partial charge on any atom is -0.508 e. The lowest BCUT2D eigenvalue weighted by molar-refractivity contribution is -0.0759. The number of hydroxylamine groups is 1. The standard InChI is InChI=1S/C12H19NO3/c1-12(2,3)16-13-8-9-7-10(15-4)5-6-11(9)14/h5-7,13-14H,8H2,1-4H3. The Morgan fingerprint density at radius 1 is 1.31 bits per heavy atom. The second kappa shape index (κ2) is 5.18. The van der Waals surface area contributed by atoms with Crippen LogP contribution < -0.4 is 10.2 Å². The molecule has 0 heterocycles. The van der Waals surface area contributed by atoms with Crippen molar-refractivity contribution in [3.8, 4) is 11.5 Å². The summed E-state index contributed by atoms with van der Waals surface area (Å²) >= 11 is 0. The molecule has 16 heavy (non-hydrogen) atoms. The first kappa shape index (κ1) is 12.8. The Kier molecular flexibility index (Phi) is 4.15. The van der Waals surface area contributed by atoms with Gasteiger partial charge in [-0.2, -0.15) is 5.48 Å². The average Bonchev–Trinajstić information content (AvgIpc) is 2.19. The van der Waals surface area contributed by atoms with Gasteiger partial charge in [-0.25, -0.2) is 0 Å². The molecule has 4 heteroatoms. The van der Waals surface area contributed by atoms with E-state index < -0.39 is 0 Å². The molecule has 2 N–H and O–H groups in total. The van der Waals surface area contributed by atoms with E-state index in [-0.39, 0.29) is 11.4 Å². The van der Waals surface area contributed by atoms with Gasteiger partial charge < -0.3 is 9.84 Å². The highest BCUT2D eigenvalue weighted by molar-refractivity contribution is 5.39. The lowest BCUT2D eigenvalue weighted by Crippen LogP contribution is -2.28. The van der Waals surface area contributed by atoms with E-state index in [0.29, 0.717) is 12.3 Å². The van der Waals surface area contributed by atoms with Gasteiger partial charge in [0.05, 0.1) is 12.7 Å². The summed E-state index contributed by atoms with van der Waals surface area (Å²) in [4.78, 5) is 5.36. The third-order valence-corrected chi connectivity index (χ3v) is 1.93. The van der Waals surface area contributed by atoms with Crippen LogP contribution in [0.15, 0.2) is 18.2 Å². The van der Waals surface area contributed by atoms with Crippen LogP contribution in [-0.2, 0) is 11.4 Å². The summed E-state index contributed by atoms with van der Waals surface area (Å²) in [5.74, 6) is 0.941. The van der Waals surface area contributed by atoms with E-state index in [1.54, 1.807) is 25.3 Å². The van der Waals surface area contributed by atoms with Gasteiger partial charge in [0.15, 0.2) is 0 Å². The van der Waals surface area contributed by atoms with Gasteiger partial charge in [0, 0.05) is 12.1 Å². The van der Waals surface area contributed by atoms with Crippen molar-refractivity contribution in [1.29, 1.82) is 0 Å². The largest absolute Gasteiger partial charge is 0.508 e. The molecule has 1 aromatic rings. The molecule has 0 radical (unpaired) electrons. The van der Waals surface area contributed by atoms with Crippen LogP contribution in [0.4, 0.5) is 0 Å². The van der Waals surface area contributed by atoms with Crippen LogP contribution in [0.5, 0.6) is 11.5 Å². The normalized spacial score (nSPS) is 11.5. The summed E-state index contributed by atoms with van der Waals surface area (Å²) in [6.07, 6.45) is 0. The molecule has 0 aromatic heterocycles. The van der Waals surface area contributed by atoms with E-state index in [0.717, 1.165) is 5.56 Å². The summed E-state index contributed by atoms with van der Waals surface area (Å²) in [6.45, 7) is 6.28. The summed E-state index contributed by atoms with van der Waals surface area (Å²) in [5.41, 5.74) is 3.30. The van der Waals surface area contributed by atoms with Crippen LogP contribution >= 0.6 is 0 Å². The zero-order chi connectivity index (χ0) is 12.2. The Morgan fingerprint density at radius 3 is 2.56 bits per heavy atom. The van der Waals surface area contributed by atoms with E-state index in [1.807, 2.05) is 20.8 Å². The highest BCUT2D eigenvalue weighted by atomic mass is 16.7. The van der Waals surface area contributed by atoms with E-state index in [4.69, 9.17) is 9.57 Å². The lowest BCUT2D eigenvalue weighted by atomic mass is 10.2. The Balaban J connectivity index is 2.59. The maximum Gasteiger partial charge on any atom is 0.120 e. The molecule has 0 atom stereocenters. The van der Waals surface area contributed by atoms with Crippen molar-refractivity contribution in [1.82, 2.24) is 5.48 Å². The Hall–Kier alpha value is -1.26. The fourth-order valence-corrected chi connectivity index (χ4v) is 1.16. The van der Waals surface area contributed by atoms with E-state index in [9.17, 15) is 5.11 Å². The number of phenols is 1. The van der Waals surface area contributed by atoms with Crippen LogP contribution in [0.2, 0.25) is 0 Å². The quantitative estimate of drug-likeness (QED) is 0.771. The summed E-state index contributed by atoms with van der Waals surface area (Å²) < 4.78 is 5.08. The first-order chi connectivity index (χ1) is 7.42. The van der Waals surface area contributed by atoms with Gasteiger partial charge in [-0.05, 0) is 39.0 Å². The van der Waals surface area contributed by atoms with E-state index >= 15 is 0 Å². The molecule has 0 saturated heterocycles. The second-order valence-corrected chi connectivity index (χ2v) is 4.53. The van der Waals surface area contributed by atoms with Crippen LogP contribution in [-0.4, -0.2) is 17.8 Å². The Labute approximate surface area is 96.1 Å². The van der Waals surface area contributed by atoms with Gasteiger partial charge in [-0.3, -0.25) is 4.84 Å². The van der Waals surface area contributed by atoms with Crippen molar-refractivity contribution in [3.63, 3.8) is 0 Å². The van der Waals surface area contributed by atoms with Gasteiger partial charge in [-0.15, -0.1) is 0 Å². The number of hydrogen-bond donors (Lipinski definition) is 2. The van der Waals surface area contributed by atoms with Crippen molar-refractivity contribution in [2.45, 2.75) is 32.9 Å². The fraction of sp³-hybridized carbons (Fsp3) is 0.500. The monoisotopic (exact) mass is 225 g/mol. The smallest absolute Gasteiger partial charge is 0.120 e. The molecule has 0 amide bonds. The minimum atomic E-state index is -0.255. The molecule has 90 valence electrons. The summed E-state index contributed by atoms with van der Waals surface area (Å²) in [5, 5.41) is 9.61. The van der Waals surface area contributed by atoms with Gasteiger partial charge in [-0.1, -0.05) is 0 Å². The molecular formula is C12H19NO3. The summed E-state index contributed by atoms with van der Waals surface area (Å²) in [6, 6.07) is 5.09. The molecular weight excluding hydrogens is 206 g/mol. The van der Waals surface area contributed by atoms with Crippen LogP contribution in [0.1, 0.15) is 26.3 Å². The maximum atomic E-state index is 9.61. The zero-order valence-corrected chi connectivity index (χ0v) is 10.2. The van der Waals surface area contributed by atoms with Crippen molar-refractivity contribution >= 4 is 0 Å². The number of rotatable bonds is 4. The number of benzene rings is 1. The van der Waals surface area contributed by atoms with Crippen molar-refractivity contribution < 1.29 is 14.7 Å². The number of ether oxygens (including phenoxy) is 1. The number of hydrogen-bond acceptors (Lipinski definition) is 4. The molecule has 0 fully saturated rings. The third kappa shape index (κ3) is 4.08. The molecule has 0 bridgehead atoms. The predicted molar refractivity (Wildman–Crippen MR) is 62.3 cm³/mol. The molecule has 0 aliphatic carbocycles. The Bertz CT molecular complexity index is 345. The van der Waals surface area contributed by atoms with Gasteiger partial charge in [0.25, 0.3) is 0 Å². The predicted octanol–water partition coefficient (Wildman–Crippen LogP) is 2.22. The molecule has 0 spiro atoms. The summed E-state index contributed by atoms with van der Waals surface area (Å²) in [7, 11) is 1.59. The number of phenolic OH excluding ortho intramolecular Hbond substituents is 1. The number of methoxy groups -OCH3 is 1. The van der Waals surface area contributed by atoms with Gasteiger partial charge in [0.2, 0.25) is 0 Å². The van der Waals surface area contributed by atoms with Gasteiger partial charge in [0.1, 0.15) is 11.5 Å². The molecule has 0 aliphatic rings. The molecule has 0 aliphatic heterocycles. The van der Waals surface area contributed by atoms with Crippen LogP contribution in [0.25, 0.3) is 0 Å². The first-order valence-corrected chi connectivity index (χ1v) is 5.19. The van der Waals surface area contributed by atoms with E-state index in [1.165, 1.54) is 0 Å². The first-order valence-electron chi connectivity index (χ1n) is 5.19. The highest BCUT2D eigenvalue weighted by Gasteiger charge is 2.10. The fourth-order valence-electron chi connectivity index (χ4n) is 1.16. The second-order valence-electron chi connectivity index (χ2n) is 4.53. The van der Waals surface area contributed by atoms with Crippen LogP contribution in [0.3, 0.4) is 0 Å². The lowest BCUT2D eigenvalue weighted by Gasteiger charge is -2.19. The average molecular weight is 225 g/mol. The molecule has 4 nitrogen and oxygen atoms in total. The highest BCUT2D eigenvalue weighted by Crippen LogP contribution is 2.22. The third-order valence-electron chi connectivity index (χ3n) is 1.93. The van der Waals surface area contributed by atoms with Crippen molar-refractivity contribution in [2.75, 3.05) is 7.11 Å². The van der Waals surface area contributed by atoms with Gasteiger partial charge >= 0.3 is 0 Å². The molecule has 0 saturated carbocycles. The van der Waals surface area contributed by atoms with Crippen LogP contribution in [0, 0.1) is 0 Å². The van der Waals surface area contributed by atoms with Crippen molar-refractivity contribution in [3.05, 3.63) is 23.8 Å². The number of nitrogens with one attached hydrogen (secondary N) is 1. The SMILES string of the molecule is COc1ccc(O)c(CNOC(C)(C)C)c1. The number of aromatic hydroxyl groups is 1. The Morgan fingerprint density at radius 2 is 2.00 bits per heavy atom. The molecule has 1 rings (SSSR count). The topological polar surface area (TPSA) is 50.7 Å².